The molecule has 2 N–H and O–H groups in total. The molecule has 0 atom stereocenters. The molecule has 0 aliphatic heterocycles. The van der Waals surface area contributed by atoms with Crippen molar-refractivity contribution in [3.63, 3.8) is 0 Å². The molecule has 1 aromatic heterocycles. The van der Waals surface area contributed by atoms with Crippen LogP contribution in [0.4, 0.5) is 10.1 Å². The molecule has 0 fully saturated rings. The van der Waals surface area contributed by atoms with Crippen LogP contribution in [-0.2, 0) is 0 Å². The first-order valence-corrected chi connectivity index (χ1v) is 5.58. The number of rotatable bonds is 1. The normalized spacial score (nSPS) is 10.6. The van der Waals surface area contributed by atoms with E-state index in [1.807, 2.05) is 13.0 Å². The maximum absolute atomic E-state index is 13.0. The monoisotopic (exact) mass is 241 g/mol. The number of aryl methyl sites for hydroxylation is 1. The molecule has 0 spiro atoms. The van der Waals surface area contributed by atoms with Crippen molar-refractivity contribution in [1.82, 2.24) is 0 Å². The molecule has 1 heterocycles. The van der Waals surface area contributed by atoms with E-state index >= 15 is 0 Å². The van der Waals surface area contributed by atoms with Crippen molar-refractivity contribution >= 4 is 28.6 Å². The third-order valence-corrected chi connectivity index (χ3v) is 3.74. The van der Waals surface area contributed by atoms with Gasteiger partial charge in [-0.2, -0.15) is 0 Å². The Morgan fingerprint density at radius 1 is 1.33 bits per heavy atom. The Morgan fingerprint density at radius 2 is 2.07 bits per heavy atom. The van der Waals surface area contributed by atoms with E-state index in [0.29, 0.717) is 0 Å². The number of hydrogen-bond acceptors (Lipinski definition) is 2. The summed E-state index contributed by atoms with van der Waals surface area (Å²) in [6.45, 7) is 1.94. The second kappa shape index (κ2) is 3.83. The van der Waals surface area contributed by atoms with E-state index in [1.54, 1.807) is 12.1 Å². The topological polar surface area (TPSA) is 26.0 Å². The molecule has 15 heavy (non-hydrogen) atoms. The molecule has 2 rings (SSSR count). The standard InChI is InChI=1S/C11H9ClFNS/c1-6-4-10(15-11(6)12)7-2-3-8(13)9(14)5-7/h2-5H,14H2,1H3. The van der Waals surface area contributed by atoms with E-state index < -0.39 is 5.82 Å². The fourth-order valence-electron chi connectivity index (χ4n) is 1.30. The third kappa shape index (κ3) is 1.98. The summed E-state index contributed by atoms with van der Waals surface area (Å²) in [6.07, 6.45) is 0. The molecule has 0 saturated carbocycles. The average molecular weight is 242 g/mol. The van der Waals surface area contributed by atoms with Gasteiger partial charge in [0.15, 0.2) is 0 Å². The second-order valence-corrected chi connectivity index (χ2v) is 4.96. The summed E-state index contributed by atoms with van der Waals surface area (Å²) in [5.41, 5.74) is 7.59. The van der Waals surface area contributed by atoms with Gasteiger partial charge in [-0.1, -0.05) is 17.7 Å². The van der Waals surface area contributed by atoms with Crippen LogP contribution in [0.3, 0.4) is 0 Å². The minimum absolute atomic E-state index is 0.162. The zero-order valence-electron chi connectivity index (χ0n) is 8.05. The first-order valence-electron chi connectivity index (χ1n) is 4.39. The van der Waals surface area contributed by atoms with Gasteiger partial charge in [0.1, 0.15) is 5.82 Å². The minimum Gasteiger partial charge on any atom is -0.396 e. The second-order valence-electron chi connectivity index (χ2n) is 3.30. The lowest BCUT2D eigenvalue weighted by molar-refractivity contribution is 0.633. The molecular formula is C11H9ClFNS. The predicted molar refractivity (Wildman–Crippen MR) is 63.9 cm³/mol. The molecular weight excluding hydrogens is 233 g/mol. The molecule has 4 heteroatoms. The Kier molecular flexibility index (Phi) is 2.67. The Hall–Kier alpha value is -1.06. The lowest BCUT2D eigenvalue weighted by atomic mass is 10.1. The summed E-state index contributed by atoms with van der Waals surface area (Å²) < 4.78 is 13.7. The average Bonchev–Trinajstić information content (AvgIpc) is 2.52. The Labute approximate surface area is 96.3 Å². The van der Waals surface area contributed by atoms with Crippen LogP contribution in [0.2, 0.25) is 4.34 Å². The quantitative estimate of drug-likeness (QED) is 0.748. The van der Waals surface area contributed by atoms with E-state index in [4.69, 9.17) is 17.3 Å². The lowest BCUT2D eigenvalue weighted by Crippen LogP contribution is -1.89. The zero-order chi connectivity index (χ0) is 11.0. The highest BCUT2D eigenvalue weighted by Gasteiger charge is 2.07. The Morgan fingerprint density at radius 3 is 2.60 bits per heavy atom. The van der Waals surface area contributed by atoms with E-state index in [0.717, 1.165) is 20.3 Å². The van der Waals surface area contributed by atoms with Gasteiger partial charge in [0.25, 0.3) is 0 Å². The van der Waals surface area contributed by atoms with Crippen LogP contribution in [0.5, 0.6) is 0 Å². The van der Waals surface area contributed by atoms with Crippen molar-refractivity contribution in [2.75, 3.05) is 5.73 Å². The number of hydrogen-bond donors (Lipinski definition) is 1. The van der Waals surface area contributed by atoms with Crippen LogP contribution in [0.15, 0.2) is 24.3 Å². The van der Waals surface area contributed by atoms with Crippen LogP contribution in [0.1, 0.15) is 5.56 Å². The van der Waals surface area contributed by atoms with Crippen molar-refractivity contribution in [2.45, 2.75) is 6.92 Å². The van der Waals surface area contributed by atoms with Crippen LogP contribution >= 0.6 is 22.9 Å². The van der Waals surface area contributed by atoms with Crippen molar-refractivity contribution in [2.24, 2.45) is 0 Å². The lowest BCUT2D eigenvalue weighted by Gasteiger charge is -2.00. The molecule has 0 unspecified atom stereocenters. The summed E-state index contributed by atoms with van der Waals surface area (Å²) in [5, 5.41) is 0. The van der Waals surface area contributed by atoms with Crippen molar-refractivity contribution in [3.05, 3.63) is 40.0 Å². The van der Waals surface area contributed by atoms with Crippen LogP contribution in [0, 0.1) is 12.7 Å². The Bertz CT molecular complexity index is 488. The highest BCUT2D eigenvalue weighted by atomic mass is 35.5. The van der Waals surface area contributed by atoms with Crippen LogP contribution < -0.4 is 5.73 Å². The fraction of sp³-hybridized carbons (Fsp3) is 0.0909. The van der Waals surface area contributed by atoms with Gasteiger partial charge in [-0.25, -0.2) is 4.39 Å². The van der Waals surface area contributed by atoms with E-state index in [-0.39, 0.29) is 5.69 Å². The van der Waals surface area contributed by atoms with Gasteiger partial charge in [0.05, 0.1) is 10.0 Å². The fourth-order valence-corrected chi connectivity index (χ4v) is 2.50. The largest absolute Gasteiger partial charge is 0.396 e. The smallest absolute Gasteiger partial charge is 0.146 e. The molecule has 0 aliphatic rings. The van der Waals surface area contributed by atoms with Crippen molar-refractivity contribution in [1.29, 1.82) is 0 Å². The highest BCUT2D eigenvalue weighted by molar-refractivity contribution is 7.19. The van der Waals surface area contributed by atoms with Gasteiger partial charge in [-0.15, -0.1) is 11.3 Å². The number of benzene rings is 1. The molecule has 2 aromatic rings. The molecule has 1 nitrogen and oxygen atoms in total. The van der Waals surface area contributed by atoms with Gasteiger partial charge in [0.2, 0.25) is 0 Å². The maximum atomic E-state index is 13.0. The molecule has 0 amide bonds. The van der Waals surface area contributed by atoms with Crippen LogP contribution in [-0.4, -0.2) is 0 Å². The van der Waals surface area contributed by atoms with Gasteiger partial charge in [-0.3, -0.25) is 0 Å². The Balaban J connectivity index is 2.49. The predicted octanol–water partition coefficient (Wildman–Crippen LogP) is 4.10. The third-order valence-electron chi connectivity index (χ3n) is 2.14. The number of anilines is 1. The number of nitrogens with two attached hydrogens (primary N) is 1. The van der Waals surface area contributed by atoms with Gasteiger partial charge < -0.3 is 5.73 Å². The SMILES string of the molecule is Cc1cc(-c2ccc(F)c(N)c2)sc1Cl. The molecule has 0 saturated heterocycles. The minimum atomic E-state index is -0.391. The number of thiophene rings is 1. The van der Waals surface area contributed by atoms with E-state index in [9.17, 15) is 4.39 Å². The first-order chi connectivity index (χ1) is 7.08. The summed E-state index contributed by atoms with van der Waals surface area (Å²) in [7, 11) is 0. The van der Waals surface area contributed by atoms with Crippen LogP contribution in [0.25, 0.3) is 10.4 Å². The van der Waals surface area contributed by atoms with Crippen molar-refractivity contribution in [3.8, 4) is 10.4 Å². The van der Waals surface area contributed by atoms with E-state index in [2.05, 4.69) is 0 Å². The molecule has 0 radical (unpaired) electrons. The summed E-state index contributed by atoms with van der Waals surface area (Å²) in [6, 6.07) is 6.66. The highest BCUT2D eigenvalue weighted by Crippen LogP contribution is 2.35. The van der Waals surface area contributed by atoms with Gasteiger partial charge in [0, 0.05) is 4.88 Å². The first kappa shape index (κ1) is 10.5. The number of halogens is 2. The summed E-state index contributed by atoms with van der Waals surface area (Å²) in [4.78, 5) is 1.00. The molecule has 1 aromatic carbocycles. The molecule has 78 valence electrons. The number of nitrogen functional groups attached to an aromatic ring is 1. The molecule has 0 bridgehead atoms. The van der Waals surface area contributed by atoms with Crippen molar-refractivity contribution < 1.29 is 4.39 Å². The maximum Gasteiger partial charge on any atom is 0.146 e. The summed E-state index contributed by atoms with van der Waals surface area (Å²) >= 11 is 7.43. The van der Waals surface area contributed by atoms with E-state index in [1.165, 1.54) is 17.4 Å². The van der Waals surface area contributed by atoms with Gasteiger partial charge in [-0.05, 0) is 36.2 Å². The molecule has 0 aliphatic carbocycles. The van der Waals surface area contributed by atoms with Gasteiger partial charge >= 0.3 is 0 Å². The zero-order valence-corrected chi connectivity index (χ0v) is 9.62. The summed E-state index contributed by atoms with van der Waals surface area (Å²) in [5.74, 6) is -0.391.